The van der Waals surface area contributed by atoms with Crippen LogP contribution in [0, 0.1) is 0 Å². The maximum Gasteiger partial charge on any atom is 0.264 e. The van der Waals surface area contributed by atoms with Crippen LogP contribution in [0.15, 0.2) is 23.8 Å². The van der Waals surface area contributed by atoms with E-state index in [1.165, 1.54) is 11.1 Å². The third-order valence-electron chi connectivity index (χ3n) is 7.10. The summed E-state index contributed by atoms with van der Waals surface area (Å²) in [6.07, 6.45) is 3.92. The molecule has 1 saturated heterocycles. The molecule has 0 radical (unpaired) electrons. The molecule has 28 heavy (non-hydrogen) atoms. The Morgan fingerprint density at radius 2 is 2.11 bits per heavy atom. The highest BCUT2D eigenvalue weighted by molar-refractivity contribution is 7.86. The van der Waals surface area contributed by atoms with Gasteiger partial charge < -0.3 is 9.47 Å². The molecule has 5 atom stereocenters. The van der Waals surface area contributed by atoms with Gasteiger partial charge in [-0.05, 0) is 50.6 Å². The fraction of sp³-hybridized carbons (Fsp3) is 0.600. The van der Waals surface area contributed by atoms with Gasteiger partial charge in [0.2, 0.25) is 0 Å². The molecule has 1 spiro atoms. The molecule has 2 bridgehead atoms. The highest BCUT2D eigenvalue weighted by Gasteiger charge is 2.71. The lowest BCUT2D eigenvalue weighted by molar-refractivity contribution is -0.0719. The van der Waals surface area contributed by atoms with Crippen LogP contribution in [0.4, 0.5) is 0 Å². The zero-order chi connectivity index (χ0) is 20.1. The zero-order valence-corrected chi connectivity index (χ0v) is 17.9. The molecule has 2 aliphatic heterocycles. The summed E-state index contributed by atoms with van der Waals surface area (Å²) in [4.78, 5) is 2.35. The molecule has 5 rings (SSSR count). The molecule has 0 N–H and O–H groups in total. The minimum Gasteiger partial charge on any atom is -0.493 e. The van der Waals surface area contributed by atoms with Gasteiger partial charge in [-0.1, -0.05) is 12.1 Å². The average Bonchev–Trinajstić information content (AvgIpc) is 2.88. The van der Waals surface area contributed by atoms with Crippen LogP contribution in [0.2, 0.25) is 0 Å². The lowest BCUT2D eigenvalue weighted by atomic mass is 9.51. The molecule has 1 fully saturated rings. The molecule has 2 aliphatic carbocycles. The van der Waals surface area contributed by atoms with Crippen LogP contribution in [0.5, 0.6) is 11.5 Å². The van der Waals surface area contributed by atoms with Crippen LogP contribution in [0.3, 0.4) is 0 Å². The molecule has 2 heterocycles. The highest BCUT2D eigenvalue weighted by Crippen LogP contribution is 2.67. The highest BCUT2D eigenvalue weighted by atomic mass is 35.5. The van der Waals surface area contributed by atoms with Crippen molar-refractivity contribution >= 4 is 21.7 Å². The summed E-state index contributed by atoms with van der Waals surface area (Å²) in [5, 5.41) is -0.612. The Labute approximate surface area is 170 Å². The number of benzene rings is 1. The maximum atomic E-state index is 12.1. The number of alkyl halides is 1. The van der Waals surface area contributed by atoms with Crippen molar-refractivity contribution in [1.82, 2.24) is 4.90 Å². The average molecular weight is 426 g/mol. The van der Waals surface area contributed by atoms with Crippen molar-refractivity contribution in [2.45, 2.75) is 48.3 Å². The van der Waals surface area contributed by atoms with Gasteiger partial charge in [-0.3, -0.25) is 9.08 Å². The van der Waals surface area contributed by atoms with E-state index in [1.807, 2.05) is 19.1 Å². The summed E-state index contributed by atoms with van der Waals surface area (Å²) in [7, 11) is 0.0260. The van der Waals surface area contributed by atoms with Gasteiger partial charge in [0.05, 0.1) is 24.2 Å². The van der Waals surface area contributed by atoms with Gasteiger partial charge >= 0.3 is 0 Å². The second-order valence-electron chi connectivity index (χ2n) is 8.48. The van der Waals surface area contributed by atoms with Gasteiger partial charge in [-0.15, -0.1) is 11.6 Å². The number of piperidine rings is 1. The second-order valence-corrected chi connectivity index (χ2v) is 10.6. The zero-order valence-electron chi connectivity index (χ0n) is 16.4. The van der Waals surface area contributed by atoms with E-state index >= 15 is 0 Å². The summed E-state index contributed by atoms with van der Waals surface area (Å²) in [6.45, 7) is 2.83. The fourth-order valence-corrected chi connectivity index (χ4v) is 7.11. The summed E-state index contributed by atoms with van der Waals surface area (Å²) in [6, 6.07) is 4.25. The van der Waals surface area contributed by atoms with Crippen LogP contribution in [0.25, 0.3) is 0 Å². The van der Waals surface area contributed by atoms with Crippen LogP contribution in [-0.4, -0.2) is 63.4 Å². The quantitative estimate of drug-likeness (QED) is 0.420. The summed E-state index contributed by atoms with van der Waals surface area (Å²) in [5.41, 5.74) is 2.15. The van der Waals surface area contributed by atoms with Gasteiger partial charge in [-0.2, -0.15) is 8.42 Å². The van der Waals surface area contributed by atoms with Gasteiger partial charge in [-0.25, -0.2) is 0 Å². The van der Waals surface area contributed by atoms with E-state index in [0.717, 1.165) is 31.2 Å². The minimum absolute atomic E-state index is 0.212. The van der Waals surface area contributed by atoms with E-state index in [4.69, 9.17) is 25.3 Å². The minimum atomic E-state index is -3.72. The maximum absolute atomic E-state index is 12.1. The first kappa shape index (κ1) is 18.7. The Hall–Kier alpha value is -1.28. The summed E-state index contributed by atoms with van der Waals surface area (Å²) < 4.78 is 41.9. The Balaban J connectivity index is 1.83. The number of ether oxygens (including phenoxy) is 2. The van der Waals surface area contributed by atoms with Crippen molar-refractivity contribution in [1.29, 1.82) is 0 Å². The molecule has 1 aromatic carbocycles. The van der Waals surface area contributed by atoms with Crippen LogP contribution in [0.1, 0.15) is 24.5 Å². The number of likely N-dealkylation sites (N-methyl/N-ethyl adjacent to an activating group) is 1. The molecule has 152 valence electrons. The van der Waals surface area contributed by atoms with Gasteiger partial charge in [0.1, 0.15) is 11.7 Å². The lowest BCUT2D eigenvalue weighted by Gasteiger charge is -2.59. The van der Waals surface area contributed by atoms with E-state index < -0.39 is 32.6 Å². The van der Waals surface area contributed by atoms with Crippen LogP contribution < -0.4 is 9.47 Å². The standard InChI is InChI=1S/C20H24ClNO5S/c1-19-18(27-28(4,23)24)13(21)10-12-14-9-11-5-6-15(25-3)17(26-19)16(11)20(12,19)7-8-22(14)2/h5-6,10,13-14,18H,7-9H2,1-4H3/t13-,14-,18-,19-,20+/m1/s1. The molecule has 4 aliphatic rings. The molecule has 6 nitrogen and oxygen atoms in total. The largest absolute Gasteiger partial charge is 0.493 e. The van der Waals surface area contributed by atoms with E-state index in [-0.39, 0.29) is 6.04 Å². The predicted octanol–water partition coefficient (Wildman–Crippen LogP) is 2.24. The first-order chi connectivity index (χ1) is 13.1. The summed E-state index contributed by atoms with van der Waals surface area (Å²) in [5.74, 6) is 1.36. The molecule has 1 aromatic rings. The third-order valence-corrected chi connectivity index (χ3v) is 8.01. The van der Waals surface area contributed by atoms with E-state index in [1.54, 1.807) is 7.11 Å². The van der Waals surface area contributed by atoms with Crippen molar-refractivity contribution in [3.8, 4) is 11.5 Å². The van der Waals surface area contributed by atoms with Crippen molar-refractivity contribution in [2.24, 2.45) is 0 Å². The Morgan fingerprint density at radius 1 is 1.36 bits per heavy atom. The van der Waals surface area contributed by atoms with Crippen molar-refractivity contribution in [2.75, 3.05) is 27.0 Å². The fourth-order valence-electron chi connectivity index (χ4n) is 5.95. The number of hydrogen-bond acceptors (Lipinski definition) is 6. The predicted molar refractivity (Wildman–Crippen MR) is 106 cm³/mol. The SMILES string of the molecule is COc1ccc2c3c1O[C@]1(C)[C@H](OS(C)(=O)=O)[C@H](Cl)C=C4[C@@H](C2)N(C)CC[C@]431. The Bertz CT molecular complexity index is 1010. The monoisotopic (exact) mass is 425 g/mol. The van der Waals surface area contributed by atoms with Crippen molar-refractivity contribution in [3.63, 3.8) is 0 Å². The Kier molecular flexibility index (Phi) is 3.78. The topological polar surface area (TPSA) is 65.1 Å². The molecule has 0 saturated carbocycles. The first-order valence-corrected chi connectivity index (χ1v) is 11.7. The van der Waals surface area contributed by atoms with E-state index in [0.29, 0.717) is 11.5 Å². The number of rotatable bonds is 3. The number of halogens is 1. The molecule has 8 heteroatoms. The number of nitrogens with zero attached hydrogens (tertiary/aromatic N) is 1. The normalized spacial score (nSPS) is 38.5. The molecule has 0 amide bonds. The number of methoxy groups -OCH3 is 1. The van der Waals surface area contributed by atoms with Crippen LogP contribution in [-0.2, 0) is 26.1 Å². The Morgan fingerprint density at radius 3 is 2.79 bits per heavy atom. The number of likely N-dealkylation sites (tertiary alicyclic amines) is 1. The van der Waals surface area contributed by atoms with E-state index in [2.05, 4.69) is 18.0 Å². The molecule has 0 aromatic heterocycles. The molecule has 0 unspecified atom stereocenters. The summed E-state index contributed by atoms with van der Waals surface area (Å²) >= 11 is 6.72. The number of hydrogen-bond donors (Lipinski definition) is 0. The third kappa shape index (κ3) is 2.13. The smallest absolute Gasteiger partial charge is 0.264 e. The first-order valence-electron chi connectivity index (χ1n) is 9.46. The van der Waals surface area contributed by atoms with Crippen LogP contribution >= 0.6 is 11.6 Å². The van der Waals surface area contributed by atoms with E-state index in [9.17, 15) is 8.42 Å². The molecular weight excluding hydrogens is 402 g/mol. The van der Waals surface area contributed by atoms with Crippen molar-refractivity contribution < 1.29 is 22.1 Å². The van der Waals surface area contributed by atoms with Gasteiger partial charge in [0.15, 0.2) is 11.5 Å². The van der Waals surface area contributed by atoms with Gasteiger partial charge in [0, 0.05) is 11.6 Å². The second kappa shape index (κ2) is 5.65. The lowest BCUT2D eigenvalue weighted by Crippen LogP contribution is -2.69. The van der Waals surface area contributed by atoms with Crippen molar-refractivity contribution in [3.05, 3.63) is 34.9 Å². The van der Waals surface area contributed by atoms with Gasteiger partial charge in [0.25, 0.3) is 10.1 Å². The molecular formula is C20H24ClNO5S.